The summed E-state index contributed by atoms with van der Waals surface area (Å²) < 4.78 is 22.9. The molecule has 0 aromatic heterocycles. The predicted octanol–water partition coefficient (Wildman–Crippen LogP) is 4.49. The fraction of sp³-hybridized carbons (Fsp3) is 0.355. The number of aliphatic hydroxyl groups excluding tert-OH is 1. The van der Waals surface area contributed by atoms with Crippen molar-refractivity contribution in [3.8, 4) is 5.75 Å². The molecule has 0 saturated carbocycles. The van der Waals surface area contributed by atoms with E-state index in [1.165, 1.54) is 14.2 Å². The number of aliphatic imine (C=N–C) groups is 1. The minimum Gasteiger partial charge on any atom is -0.494 e. The summed E-state index contributed by atoms with van der Waals surface area (Å²) in [5.41, 5.74) is 10.6. The molecule has 0 saturated heterocycles. The van der Waals surface area contributed by atoms with Gasteiger partial charge in [0.2, 0.25) is 5.90 Å². The molecule has 0 radical (unpaired) electrons. The van der Waals surface area contributed by atoms with E-state index in [2.05, 4.69) is 15.3 Å². The molecule has 2 N–H and O–H groups in total. The Morgan fingerprint density at radius 1 is 1.10 bits per heavy atom. The first-order chi connectivity index (χ1) is 20.5. The zero-order chi connectivity index (χ0) is 29.8. The Morgan fingerprint density at radius 2 is 1.81 bits per heavy atom. The average molecular weight is 574 g/mol. The fourth-order valence-electron chi connectivity index (χ4n) is 4.80. The van der Waals surface area contributed by atoms with Crippen LogP contribution in [0.1, 0.15) is 34.8 Å². The molecular formula is C31H35N5O6. The summed E-state index contributed by atoms with van der Waals surface area (Å²) in [6.07, 6.45) is -0.737. The molecule has 1 heterocycles. The molecule has 2 atom stereocenters. The summed E-state index contributed by atoms with van der Waals surface area (Å²) in [6, 6.07) is 24.2. The van der Waals surface area contributed by atoms with Gasteiger partial charge in [0, 0.05) is 44.1 Å². The highest BCUT2D eigenvalue weighted by atomic mass is 16.7. The molecule has 4 rings (SSSR count). The van der Waals surface area contributed by atoms with E-state index in [4.69, 9.17) is 34.6 Å². The first kappa shape index (κ1) is 30.5. The molecule has 0 fully saturated rings. The highest BCUT2D eigenvalue weighted by Gasteiger charge is 2.53. The molecule has 1 aliphatic rings. The number of aliphatic hydroxyl groups is 1. The van der Waals surface area contributed by atoms with Crippen LogP contribution in [0.4, 0.5) is 0 Å². The molecule has 42 heavy (non-hydrogen) atoms. The summed E-state index contributed by atoms with van der Waals surface area (Å²) in [6.45, 7) is 0.619. The maximum atomic E-state index is 14.3. The highest BCUT2D eigenvalue weighted by molar-refractivity contribution is 6.01. The van der Waals surface area contributed by atoms with Crippen LogP contribution >= 0.6 is 0 Å². The number of nitrogens with one attached hydrogen (secondary N) is 1. The molecule has 0 aliphatic carbocycles. The standard InChI is InChI=1S/C31H35N5O6/c1-39-27(40-2)21-33-30(38)31(19-22-9-4-3-5-10-22)28(26-12-7-6-11-24(26)20-34-36-32)42-29(35-31)23-13-15-25(16-14-23)41-18-8-17-37/h3-7,9-16,27-28,37H,8,17-21H2,1-2H3,(H,33,38)/t28-,31-/m1/s1. The maximum Gasteiger partial charge on any atom is 0.252 e. The molecule has 0 bridgehead atoms. The van der Waals surface area contributed by atoms with Crippen molar-refractivity contribution in [2.24, 2.45) is 10.1 Å². The largest absolute Gasteiger partial charge is 0.494 e. The Balaban J connectivity index is 1.81. The van der Waals surface area contributed by atoms with E-state index in [-0.39, 0.29) is 32.0 Å². The zero-order valence-electron chi connectivity index (χ0n) is 23.7. The summed E-state index contributed by atoms with van der Waals surface area (Å²) in [5.74, 6) is 0.565. The average Bonchev–Trinajstić information content (AvgIpc) is 3.41. The molecule has 11 nitrogen and oxygen atoms in total. The van der Waals surface area contributed by atoms with E-state index in [9.17, 15) is 4.79 Å². The molecule has 0 unspecified atom stereocenters. The predicted molar refractivity (Wildman–Crippen MR) is 157 cm³/mol. The third kappa shape index (κ3) is 7.26. The van der Waals surface area contributed by atoms with Crippen LogP contribution in [0.25, 0.3) is 10.4 Å². The van der Waals surface area contributed by atoms with Crippen LogP contribution in [0.3, 0.4) is 0 Å². The van der Waals surface area contributed by atoms with Gasteiger partial charge in [-0.1, -0.05) is 59.7 Å². The quantitative estimate of drug-likeness (QED) is 0.0900. The van der Waals surface area contributed by atoms with Crippen LogP contribution in [-0.4, -0.2) is 62.7 Å². The van der Waals surface area contributed by atoms with Crippen molar-refractivity contribution in [1.29, 1.82) is 0 Å². The molecule has 1 amide bonds. The lowest BCUT2D eigenvalue weighted by molar-refractivity contribution is -0.134. The van der Waals surface area contributed by atoms with E-state index in [1.54, 1.807) is 12.1 Å². The monoisotopic (exact) mass is 573 g/mol. The molecule has 3 aromatic carbocycles. The number of hydrogen-bond donors (Lipinski definition) is 2. The van der Waals surface area contributed by atoms with Crippen LogP contribution in [-0.2, 0) is 32.0 Å². The third-order valence-electron chi connectivity index (χ3n) is 6.94. The van der Waals surface area contributed by atoms with Gasteiger partial charge in [-0.15, -0.1) is 0 Å². The van der Waals surface area contributed by atoms with Gasteiger partial charge in [0.15, 0.2) is 17.9 Å². The van der Waals surface area contributed by atoms with Crippen LogP contribution in [0.2, 0.25) is 0 Å². The maximum absolute atomic E-state index is 14.3. The third-order valence-corrected chi connectivity index (χ3v) is 6.94. The van der Waals surface area contributed by atoms with Gasteiger partial charge in [0.25, 0.3) is 5.91 Å². The van der Waals surface area contributed by atoms with Crippen LogP contribution in [0.5, 0.6) is 5.75 Å². The summed E-state index contributed by atoms with van der Waals surface area (Å²) in [7, 11) is 3.00. The van der Waals surface area contributed by atoms with E-state index < -0.39 is 17.9 Å². The number of amides is 1. The Labute approximate surface area is 244 Å². The smallest absolute Gasteiger partial charge is 0.252 e. The van der Waals surface area contributed by atoms with Gasteiger partial charge in [-0.2, -0.15) is 0 Å². The number of benzene rings is 3. The Hall–Kier alpha value is -4.41. The Kier molecular flexibility index (Phi) is 10.9. The van der Waals surface area contributed by atoms with Gasteiger partial charge in [0.05, 0.1) is 19.7 Å². The number of methoxy groups -OCH3 is 2. The highest BCUT2D eigenvalue weighted by Crippen LogP contribution is 2.43. The minimum atomic E-state index is -1.43. The first-order valence-corrected chi connectivity index (χ1v) is 13.6. The van der Waals surface area contributed by atoms with Gasteiger partial charge in [-0.05, 0) is 46.5 Å². The molecular weight excluding hydrogens is 538 g/mol. The molecule has 220 valence electrons. The van der Waals surface area contributed by atoms with E-state index >= 15 is 0 Å². The zero-order valence-corrected chi connectivity index (χ0v) is 23.7. The van der Waals surface area contributed by atoms with Crippen molar-refractivity contribution in [2.75, 3.05) is 34.0 Å². The number of carbonyl (C=O) groups excluding carboxylic acids is 1. The van der Waals surface area contributed by atoms with Gasteiger partial charge in [-0.3, -0.25) is 4.79 Å². The van der Waals surface area contributed by atoms with Crippen molar-refractivity contribution in [3.05, 3.63) is 112 Å². The molecule has 11 heteroatoms. The SMILES string of the molecule is COC(CNC(=O)[C@]1(Cc2ccccc2)N=C(c2ccc(OCCCO)cc2)O[C@@H]1c1ccccc1CN=[N+]=[N-])OC. The Bertz CT molecular complexity index is 1390. The van der Waals surface area contributed by atoms with Crippen LogP contribution in [0, 0.1) is 0 Å². The van der Waals surface area contributed by atoms with Gasteiger partial charge >= 0.3 is 0 Å². The number of ether oxygens (including phenoxy) is 4. The van der Waals surface area contributed by atoms with Gasteiger partial charge in [0.1, 0.15) is 5.75 Å². The summed E-state index contributed by atoms with van der Waals surface area (Å²) >= 11 is 0. The van der Waals surface area contributed by atoms with Crippen molar-refractivity contribution in [2.45, 2.75) is 37.3 Å². The van der Waals surface area contributed by atoms with E-state index in [0.717, 1.165) is 11.1 Å². The van der Waals surface area contributed by atoms with Crippen LogP contribution < -0.4 is 10.1 Å². The molecule has 1 aliphatic heterocycles. The number of azide groups is 1. The van der Waals surface area contributed by atoms with Crippen molar-refractivity contribution in [3.63, 3.8) is 0 Å². The van der Waals surface area contributed by atoms with Gasteiger partial charge < -0.3 is 29.4 Å². The second-order valence-electron chi connectivity index (χ2n) is 9.65. The molecule has 3 aromatic rings. The topological polar surface area (TPSA) is 147 Å². The number of carbonyl (C=O) groups is 1. The Morgan fingerprint density at radius 3 is 2.50 bits per heavy atom. The summed E-state index contributed by atoms with van der Waals surface area (Å²) in [5, 5.41) is 15.8. The van der Waals surface area contributed by atoms with Crippen LogP contribution in [0.15, 0.2) is 89.0 Å². The van der Waals surface area contributed by atoms with E-state index in [0.29, 0.717) is 35.8 Å². The second-order valence-corrected chi connectivity index (χ2v) is 9.65. The minimum absolute atomic E-state index is 0.0480. The summed E-state index contributed by atoms with van der Waals surface area (Å²) in [4.78, 5) is 22.2. The van der Waals surface area contributed by atoms with Crippen molar-refractivity contribution in [1.82, 2.24) is 5.32 Å². The number of nitrogens with zero attached hydrogens (tertiary/aromatic N) is 4. The lowest BCUT2D eigenvalue weighted by atomic mass is 9.80. The fourth-order valence-corrected chi connectivity index (χ4v) is 4.80. The first-order valence-electron chi connectivity index (χ1n) is 13.6. The lowest BCUT2D eigenvalue weighted by Gasteiger charge is -2.32. The number of hydrogen-bond acceptors (Lipinski definition) is 8. The number of rotatable bonds is 15. The van der Waals surface area contributed by atoms with E-state index in [1.807, 2.05) is 66.7 Å². The van der Waals surface area contributed by atoms with Crippen molar-refractivity contribution < 1.29 is 28.8 Å². The lowest BCUT2D eigenvalue weighted by Crippen LogP contribution is -2.51. The second kappa shape index (κ2) is 15.0. The van der Waals surface area contributed by atoms with Gasteiger partial charge in [-0.25, -0.2) is 4.99 Å². The normalized spacial score (nSPS) is 17.7. The van der Waals surface area contributed by atoms with Crippen molar-refractivity contribution >= 4 is 11.8 Å². The molecule has 0 spiro atoms.